The zero-order valence-electron chi connectivity index (χ0n) is 12.7. The van der Waals surface area contributed by atoms with Gasteiger partial charge >= 0.3 is 0 Å². The molecule has 1 aromatic rings. The zero-order chi connectivity index (χ0) is 14.7. The van der Waals surface area contributed by atoms with Crippen molar-refractivity contribution in [2.75, 3.05) is 11.4 Å². The van der Waals surface area contributed by atoms with Crippen molar-refractivity contribution in [2.45, 2.75) is 52.5 Å². The lowest BCUT2D eigenvalue weighted by Crippen LogP contribution is -2.37. The predicted octanol–water partition coefficient (Wildman–Crippen LogP) is 3.43. The molecule has 4 heteroatoms. The molecule has 0 aliphatic heterocycles. The van der Waals surface area contributed by atoms with Gasteiger partial charge in [-0.15, -0.1) is 0 Å². The first-order chi connectivity index (χ1) is 9.47. The van der Waals surface area contributed by atoms with Gasteiger partial charge in [-0.05, 0) is 37.8 Å². The second kappa shape index (κ2) is 6.53. The Kier molecular flexibility index (Phi) is 4.97. The first-order valence-corrected chi connectivity index (χ1v) is 7.93. The van der Waals surface area contributed by atoms with E-state index in [0.717, 1.165) is 23.6 Å². The van der Waals surface area contributed by atoms with Crippen LogP contribution in [0.5, 0.6) is 0 Å². The van der Waals surface area contributed by atoms with Crippen molar-refractivity contribution in [3.8, 4) is 0 Å². The van der Waals surface area contributed by atoms with Crippen LogP contribution in [0.1, 0.15) is 50.8 Å². The Balaban J connectivity index is 2.34. The minimum atomic E-state index is 0.452. The second-order valence-corrected chi connectivity index (χ2v) is 6.64. The molecule has 0 saturated heterocycles. The molecule has 1 aliphatic carbocycles. The number of nitrogens with zero attached hydrogens (tertiary/aromatic N) is 2. The third-order valence-electron chi connectivity index (χ3n) is 3.85. The number of thiocarbonyl (C=S) groups is 1. The van der Waals surface area contributed by atoms with E-state index in [1.807, 2.05) is 13.0 Å². The van der Waals surface area contributed by atoms with Gasteiger partial charge in [0.25, 0.3) is 0 Å². The Morgan fingerprint density at radius 3 is 2.60 bits per heavy atom. The van der Waals surface area contributed by atoms with Crippen molar-refractivity contribution in [1.82, 2.24) is 4.98 Å². The SMILES string of the molecule is Cc1cc(C(N)=S)cc(N(CC(C)C)C2CCCC2)n1. The Morgan fingerprint density at radius 1 is 1.40 bits per heavy atom. The average molecular weight is 291 g/mol. The van der Waals surface area contributed by atoms with Crippen molar-refractivity contribution in [2.24, 2.45) is 11.7 Å². The molecule has 3 nitrogen and oxygen atoms in total. The van der Waals surface area contributed by atoms with E-state index in [9.17, 15) is 0 Å². The van der Waals surface area contributed by atoms with E-state index in [-0.39, 0.29) is 0 Å². The summed E-state index contributed by atoms with van der Waals surface area (Å²) in [6.45, 7) is 7.56. The van der Waals surface area contributed by atoms with Gasteiger partial charge in [0.1, 0.15) is 10.8 Å². The highest BCUT2D eigenvalue weighted by atomic mass is 32.1. The average Bonchev–Trinajstić information content (AvgIpc) is 2.88. The summed E-state index contributed by atoms with van der Waals surface area (Å²) >= 11 is 5.12. The summed E-state index contributed by atoms with van der Waals surface area (Å²) in [5.74, 6) is 1.65. The third-order valence-corrected chi connectivity index (χ3v) is 4.08. The van der Waals surface area contributed by atoms with Gasteiger partial charge in [0.05, 0.1) is 0 Å². The van der Waals surface area contributed by atoms with E-state index in [0.29, 0.717) is 16.9 Å². The van der Waals surface area contributed by atoms with E-state index < -0.39 is 0 Å². The van der Waals surface area contributed by atoms with E-state index >= 15 is 0 Å². The van der Waals surface area contributed by atoms with Crippen LogP contribution in [-0.2, 0) is 0 Å². The van der Waals surface area contributed by atoms with E-state index in [2.05, 4.69) is 24.8 Å². The summed E-state index contributed by atoms with van der Waals surface area (Å²) in [7, 11) is 0. The maximum Gasteiger partial charge on any atom is 0.129 e. The van der Waals surface area contributed by atoms with Crippen LogP contribution in [-0.4, -0.2) is 22.6 Å². The van der Waals surface area contributed by atoms with Gasteiger partial charge in [-0.1, -0.05) is 38.9 Å². The fourth-order valence-corrected chi connectivity index (χ4v) is 3.10. The van der Waals surface area contributed by atoms with Gasteiger partial charge in [0, 0.05) is 23.8 Å². The van der Waals surface area contributed by atoms with E-state index in [4.69, 9.17) is 22.9 Å². The number of nitrogens with two attached hydrogens (primary N) is 1. The Hall–Kier alpha value is -1.16. The van der Waals surface area contributed by atoms with E-state index in [1.54, 1.807) is 0 Å². The monoisotopic (exact) mass is 291 g/mol. The summed E-state index contributed by atoms with van der Waals surface area (Å²) in [6, 6.07) is 4.63. The highest BCUT2D eigenvalue weighted by molar-refractivity contribution is 7.80. The summed E-state index contributed by atoms with van der Waals surface area (Å²) in [5.41, 5.74) is 7.70. The number of hydrogen-bond acceptors (Lipinski definition) is 3. The topological polar surface area (TPSA) is 42.1 Å². The largest absolute Gasteiger partial charge is 0.389 e. The Labute approximate surface area is 127 Å². The molecule has 0 unspecified atom stereocenters. The molecular formula is C16H25N3S. The molecule has 1 heterocycles. The molecule has 20 heavy (non-hydrogen) atoms. The van der Waals surface area contributed by atoms with Gasteiger partial charge < -0.3 is 10.6 Å². The van der Waals surface area contributed by atoms with Crippen molar-refractivity contribution >= 4 is 23.0 Å². The van der Waals surface area contributed by atoms with Crippen LogP contribution < -0.4 is 10.6 Å². The molecule has 0 bridgehead atoms. The number of rotatable bonds is 5. The molecule has 0 aromatic carbocycles. The number of hydrogen-bond donors (Lipinski definition) is 1. The molecule has 0 spiro atoms. The van der Waals surface area contributed by atoms with Gasteiger partial charge in [-0.2, -0.15) is 0 Å². The summed E-state index contributed by atoms with van der Waals surface area (Å²) in [6.07, 6.45) is 5.19. The highest BCUT2D eigenvalue weighted by Gasteiger charge is 2.24. The van der Waals surface area contributed by atoms with Crippen LogP contribution in [0.25, 0.3) is 0 Å². The first kappa shape index (κ1) is 15.2. The summed E-state index contributed by atoms with van der Waals surface area (Å²) in [5, 5.41) is 0. The Morgan fingerprint density at radius 2 is 2.05 bits per heavy atom. The lowest BCUT2D eigenvalue weighted by molar-refractivity contribution is 0.531. The molecule has 110 valence electrons. The van der Waals surface area contributed by atoms with Crippen LogP contribution in [0.4, 0.5) is 5.82 Å². The minimum Gasteiger partial charge on any atom is -0.389 e. The van der Waals surface area contributed by atoms with Crippen LogP contribution >= 0.6 is 12.2 Å². The molecule has 0 radical (unpaired) electrons. The minimum absolute atomic E-state index is 0.452. The van der Waals surface area contributed by atoms with Gasteiger partial charge in [0.15, 0.2) is 0 Å². The molecule has 1 fully saturated rings. The van der Waals surface area contributed by atoms with Gasteiger partial charge in [0.2, 0.25) is 0 Å². The first-order valence-electron chi connectivity index (χ1n) is 7.52. The summed E-state index contributed by atoms with van der Waals surface area (Å²) < 4.78 is 0. The van der Waals surface area contributed by atoms with Crippen molar-refractivity contribution in [3.05, 3.63) is 23.4 Å². The number of aromatic nitrogens is 1. The van der Waals surface area contributed by atoms with Crippen LogP contribution in [0.3, 0.4) is 0 Å². The third kappa shape index (κ3) is 3.69. The van der Waals surface area contributed by atoms with E-state index in [1.165, 1.54) is 25.7 Å². The molecule has 0 atom stereocenters. The maximum atomic E-state index is 5.79. The molecule has 2 N–H and O–H groups in total. The second-order valence-electron chi connectivity index (χ2n) is 6.20. The number of aryl methyl sites for hydroxylation is 1. The van der Waals surface area contributed by atoms with Crippen molar-refractivity contribution < 1.29 is 0 Å². The number of anilines is 1. The lowest BCUT2D eigenvalue weighted by Gasteiger charge is -2.32. The fraction of sp³-hybridized carbons (Fsp3) is 0.625. The fourth-order valence-electron chi connectivity index (χ4n) is 2.98. The quantitative estimate of drug-likeness (QED) is 0.844. The maximum absolute atomic E-state index is 5.79. The molecule has 0 amide bonds. The van der Waals surface area contributed by atoms with Gasteiger partial charge in [-0.3, -0.25) is 0 Å². The smallest absolute Gasteiger partial charge is 0.129 e. The van der Waals surface area contributed by atoms with Crippen LogP contribution in [0.2, 0.25) is 0 Å². The van der Waals surface area contributed by atoms with Gasteiger partial charge in [-0.25, -0.2) is 4.98 Å². The molecule has 2 rings (SSSR count). The highest BCUT2D eigenvalue weighted by Crippen LogP contribution is 2.28. The van der Waals surface area contributed by atoms with Crippen molar-refractivity contribution in [3.63, 3.8) is 0 Å². The standard InChI is InChI=1S/C16H25N3S/c1-11(2)10-19(14-6-4-5-7-14)15-9-13(16(17)20)8-12(3)18-15/h8-9,11,14H,4-7,10H2,1-3H3,(H2,17,20). The molecule has 1 aromatic heterocycles. The lowest BCUT2D eigenvalue weighted by atomic mass is 10.1. The molecule has 1 aliphatic rings. The number of pyridine rings is 1. The normalized spacial score (nSPS) is 15.8. The summed E-state index contributed by atoms with van der Waals surface area (Å²) in [4.78, 5) is 7.64. The Bertz CT molecular complexity index is 479. The predicted molar refractivity (Wildman–Crippen MR) is 89.3 cm³/mol. The molecule has 1 saturated carbocycles. The van der Waals surface area contributed by atoms with Crippen molar-refractivity contribution in [1.29, 1.82) is 0 Å². The molecular weight excluding hydrogens is 266 g/mol. The zero-order valence-corrected chi connectivity index (χ0v) is 13.5. The van der Waals surface area contributed by atoms with Crippen LogP contribution in [0, 0.1) is 12.8 Å². The van der Waals surface area contributed by atoms with Crippen LogP contribution in [0.15, 0.2) is 12.1 Å².